The Hall–Kier alpha value is -0.940. The van der Waals surface area contributed by atoms with E-state index in [0.29, 0.717) is 12.7 Å². The van der Waals surface area contributed by atoms with Crippen LogP contribution in [-0.2, 0) is 19.2 Å². The van der Waals surface area contributed by atoms with Crippen molar-refractivity contribution in [2.24, 2.45) is 0 Å². The summed E-state index contributed by atoms with van der Waals surface area (Å²) in [6.07, 6.45) is 1.00. The van der Waals surface area contributed by atoms with Gasteiger partial charge in [0.25, 0.3) is 0 Å². The number of ether oxygens (including phenoxy) is 1. The standard InChI is InChI=1S/C9H15NO4/c1-8(6-11)5-9(2,7(12)13-4)10(3)14-8/h6H,5H2,1-4H3/t8-,9+/m0/s1. The lowest BCUT2D eigenvalue weighted by Crippen LogP contribution is -2.46. The maximum absolute atomic E-state index is 11.5. The Morgan fingerprint density at radius 1 is 1.57 bits per heavy atom. The zero-order valence-electron chi connectivity index (χ0n) is 8.86. The van der Waals surface area contributed by atoms with Crippen molar-refractivity contribution in [1.82, 2.24) is 5.06 Å². The molecule has 0 N–H and O–H groups in total. The van der Waals surface area contributed by atoms with Crippen molar-refractivity contribution in [1.29, 1.82) is 0 Å². The van der Waals surface area contributed by atoms with Crippen LogP contribution in [0.15, 0.2) is 0 Å². The number of methoxy groups -OCH3 is 1. The van der Waals surface area contributed by atoms with E-state index in [1.807, 2.05) is 0 Å². The van der Waals surface area contributed by atoms with Gasteiger partial charge in [-0.05, 0) is 13.8 Å². The van der Waals surface area contributed by atoms with Crippen LogP contribution in [0.1, 0.15) is 20.3 Å². The molecule has 1 fully saturated rings. The molecule has 0 aliphatic carbocycles. The largest absolute Gasteiger partial charge is 0.468 e. The monoisotopic (exact) mass is 201 g/mol. The first-order valence-corrected chi connectivity index (χ1v) is 4.36. The number of rotatable bonds is 2. The number of hydroxylamine groups is 2. The summed E-state index contributed by atoms with van der Waals surface area (Å²) in [5, 5.41) is 1.38. The third-order valence-corrected chi connectivity index (χ3v) is 2.61. The molecular formula is C9H15NO4. The summed E-state index contributed by atoms with van der Waals surface area (Å²) in [5.41, 5.74) is -1.82. The minimum atomic E-state index is -0.933. The number of carbonyl (C=O) groups is 2. The zero-order chi connectivity index (χ0) is 11.0. The van der Waals surface area contributed by atoms with E-state index in [-0.39, 0.29) is 0 Å². The smallest absolute Gasteiger partial charge is 0.328 e. The molecule has 0 spiro atoms. The quantitative estimate of drug-likeness (QED) is 0.470. The first kappa shape index (κ1) is 11.1. The molecule has 1 heterocycles. The van der Waals surface area contributed by atoms with Crippen LogP contribution in [-0.4, -0.2) is 42.6 Å². The molecule has 0 aromatic carbocycles. The van der Waals surface area contributed by atoms with Crippen LogP contribution in [0.3, 0.4) is 0 Å². The summed E-state index contributed by atoms with van der Waals surface area (Å²) < 4.78 is 4.67. The number of likely N-dealkylation sites (N-methyl/N-ethyl adjacent to an activating group) is 1. The van der Waals surface area contributed by atoms with Crippen molar-refractivity contribution in [3.8, 4) is 0 Å². The Labute approximate surface area is 82.9 Å². The maximum atomic E-state index is 11.5. The van der Waals surface area contributed by atoms with Gasteiger partial charge in [0.1, 0.15) is 11.1 Å². The van der Waals surface area contributed by atoms with Crippen LogP contribution < -0.4 is 0 Å². The van der Waals surface area contributed by atoms with Crippen molar-refractivity contribution < 1.29 is 19.2 Å². The highest BCUT2D eigenvalue weighted by Gasteiger charge is 2.53. The molecule has 2 atom stereocenters. The van der Waals surface area contributed by atoms with Gasteiger partial charge in [-0.2, -0.15) is 5.06 Å². The number of carbonyl (C=O) groups excluding carboxylic acids is 2. The fraction of sp³-hybridized carbons (Fsp3) is 0.778. The molecule has 1 rings (SSSR count). The third-order valence-electron chi connectivity index (χ3n) is 2.61. The Morgan fingerprint density at radius 2 is 2.14 bits per heavy atom. The highest BCUT2D eigenvalue weighted by molar-refractivity contribution is 5.82. The Balaban J connectivity index is 2.93. The number of hydrogen-bond donors (Lipinski definition) is 0. The van der Waals surface area contributed by atoms with E-state index >= 15 is 0 Å². The molecule has 0 radical (unpaired) electrons. The SMILES string of the molecule is COC(=O)[C@@]1(C)C[C@@](C)(C=O)ON1C. The van der Waals surface area contributed by atoms with Crippen molar-refractivity contribution >= 4 is 12.3 Å². The van der Waals surface area contributed by atoms with Gasteiger partial charge < -0.3 is 9.53 Å². The minimum absolute atomic E-state index is 0.298. The summed E-state index contributed by atoms with van der Waals surface area (Å²) >= 11 is 0. The number of aldehydes is 1. The van der Waals surface area contributed by atoms with Crippen LogP contribution in [0.2, 0.25) is 0 Å². The lowest BCUT2D eigenvalue weighted by Gasteiger charge is -2.25. The molecule has 0 bridgehead atoms. The normalized spacial score (nSPS) is 38.3. The van der Waals surface area contributed by atoms with Crippen LogP contribution in [0.25, 0.3) is 0 Å². The molecule has 1 saturated heterocycles. The van der Waals surface area contributed by atoms with Crippen molar-refractivity contribution in [2.45, 2.75) is 31.4 Å². The fourth-order valence-electron chi connectivity index (χ4n) is 1.72. The molecule has 1 aliphatic rings. The summed E-state index contributed by atoms with van der Waals surface area (Å²) in [6, 6.07) is 0. The third kappa shape index (κ3) is 1.53. The molecule has 0 amide bonds. The van der Waals surface area contributed by atoms with Gasteiger partial charge in [-0.1, -0.05) is 0 Å². The first-order chi connectivity index (χ1) is 6.38. The van der Waals surface area contributed by atoms with Gasteiger partial charge in [-0.25, -0.2) is 4.79 Å². The van der Waals surface area contributed by atoms with E-state index in [0.717, 1.165) is 0 Å². The average Bonchev–Trinajstić information content (AvgIpc) is 2.38. The van der Waals surface area contributed by atoms with Gasteiger partial charge in [-0.3, -0.25) is 4.84 Å². The summed E-state index contributed by atoms with van der Waals surface area (Å²) in [5.74, 6) is -0.398. The Morgan fingerprint density at radius 3 is 2.50 bits per heavy atom. The molecule has 5 nitrogen and oxygen atoms in total. The molecule has 14 heavy (non-hydrogen) atoms. The van der Waals surface area contributed by atoms with Gasteiger partial charge in [0.2, 0.25) is 0 Å². The van der Waals surface area contributed by atoms with E-state index in [4.69, 9.17) is 4.84 Å². The highest BCUT2D eigenvalue weighted by Crippen LogP contribution is 2.36. The molecule has 0 unspecified atom stereocenters. The van der Waals surface area contributed by atoms with Gasteiger partial charge in [0.15, 0.2) is 6.29 Å². The average molecular weight is 201 g/mol. The number of esters is 1. The van der Waals surface area contributed by atoms with Crippen LogP contribution in [0.4, 0.5) is 0 Å². The van der Waals surface area contributed by atoms with Gasteiger partial charge >= 0.3 is 5.97 Å². The van der Waals surface area contributed by atoms with Crippen molar-refractivity contribution in [2.75, 3.05) is 14.2 Å². The van der Waals surface area contributed by atoms with Crippen LogP contribution >= 0.6 is 0 Å². The van der Waals surface area contributed by atoms with E-state index in [1.165, 1.54) is 12.2 Å². The predicted molar refractivity (Wildman–Crippen MR) is 48.4 cm³/mol. The summed E-state index contributed by atoms with van der Waals surface area (Å²) in [4.78, 5) is 27.6. The van der Waals surface area contributed by atoms with Gasteiger partial charge in [0.05, 0.1) is 7.11 Å². The topological polar surface area (TPSA) is 55.8 Å². The van der Waals surface area contributed by atoms with Crippen molar-refractivity contribution in [3.63, 3.8) is 0 Å². The molecule has 5 heteroatoms. The van der Waals surface area contributed by atoms with Crippen molar-refractivity contribution in [3.05, 3.63) is 0 Å². The zero-order valence-corrected chi connectivity index (χ0v) is 8.86. The summed E-state index contributed by atoms with van der Waals surface area (Å²) in [7, 11) is 2.93. The van der Waals surface area contributed by atoms with E-state index < -0.39 is 17.1 Å². The van der Waals surface area contributed by atoms with Crippen LogP contribution in [0.5, 0.6) is 0 Å². The molecule has 1 aliphatic heterocycles. The molecule has 80 valence electrons. The second-order valence-corrected chi connectivity index (χ2v) is 3.96. The van der Waals surface area contributed by atoms with Gasteiger partial charge in [0, 0.05) is 13.5 Å². The lowest BCUT2D eigenvalue weighted by atomic mass is 9.89. The van der Waals surface area contributed by atoms with E-state index in [9.17, 15) is 9.59 Å². The van der Waals surface area contributed by atoms with Gasteiger partial charge in [-0.15, -0.1) is 0 Å². The molecule has 0 aromatic heterocycles. The lowest BCUT2D eigenvalue weighted by molar-refractivity contribution is -0.203. The van der Waals surface area contributed by atoms with E-state index in [1.54, 1.807) is 20.9 Å². The molecule has 0 aromatic rings. The maximum Gasteiger partial charge on any atom is 0.328 e. The summed E-state index contributed by atoms with van der Waals surface area (Å²) in [6.45, 7) is 3.33. The number of hydrogen-bond acceptors (Lipinski definition) is 5. The van der Waals surface area contributed by atoms with Crippen LogP contribution in [0, 0.1) is 0 Å². The molecular weight excluding hydrogens is 186 g/mol. The fourth-order valence-corrected chi connectivity index (χ4v) is 1.72. The predicted octanol–water partition coefficient (Wildman–Crippen LogP) is 0.143. The second-order valence-electron chi connectivity index (χ2n) is 3.96. The second kappa shape index (κ2) is 3.33. The minimum Gasteiger partial charge on any atom is -0.468 e. The molecule has 0 saturated carbocycles. The highest BCUT2D eigenvalue weighted by atomic mass is 16.7. The Bertz CT molecular complexity index is 268. The first-order valence-electron chi connectivity index (χ1n) is 4.36. The van der Waals surface area contributed by atoms with E-state index in [2.05, 4.69) is 4.74 Å². The number of nitrogens with zero attached hydrogens (tertiary/aromatic N) is 1. The Kier molecular flexibility index (Phi) is 2.65.